The number of carbonyl (C=O) groups excluding carboxylic acids is 1. The molecule has 0 N–H and O–H groups in total. The van der Waals surface area contributed by atoms with Crippen LogP contribution in [0.25, 0.3) is 0 Å². The van der Waals surface area contributed by atoms with Gasteiger partial charge in [-0.2, -0.15) is 18.4 Å². The van der Waals surface area contributed by atoms with Gasteiger partial charge in [-0.05, 0) is 12.1 Å². The highest BCUT2D eigenvalue weighted by atomic mass is 35.5. The fraction of sp³-hybridized carbons (Fsp3) is 0.200. The molecule has 0 unspecified atom stereocenters. The Kier molecular flexibility index (Phi) is 3.55. The van der Waals surface area contributed by atoms with Crippen LogP contribution in [-0.2, 0) is 6.18 Å². The molecule has 1 aromatic rings. The van der Waals surface area contributed by atoms with Crippen LogP contribution < -0.4 is 0 Å². The Morgan fingerprint density at radius 1 is 1.44 bits per heavy atom. The molecule has 0 aliphatic carbocycles. The lowest BCUT2D eigenvalue weighted by Crippen LogP contribution is -2.09. The first-order valence-electron chi connectivity index (χ1n) is 4.10. The number of hydrogen-bond acceptors (Lipinski definition) is 2. The fourth-order valence-corrected chi connectivity index (χ4v) is 1.29. The van der Waals surface area contributed by atoms with Crippen molar-refractivity contribution in [3.63, 3.8) is 0 Å². The van der Waals surface area contributed by atoms with Crippen molar-refractivity contribution in [1.29, 1.82) is 5.26 Å². The van der Waals surface area contributed by atoms with E-state index in [1.54, 1.807) is 0 Å². The molecule has 0 saturated carbocycles. The number of hydrogen-bond donors (Lipinski definition) is 0. The van der Waals surface area contributed by atoms with Gasteiger partial charge in [0.15, 0.2) is 5.78 Å². The summed E-state index contributed by atoms with van der Waals surface area (Å²) in [6.45, 7) is 0. The van der Waals surface area contributed by atoms with Gasteiger partial charge in [0.25, 0.3) is 0 Å². The van der Waals surface area contributed by atoms with Crippen LogP contribution in [0.1, 0.15) is 21.5 Å². The first-order valence-corrected chi connectivity index (χ1v) is 4.64. The molecule has 84 valence electrons. The van der Waals surface area contributed by atoms with Crippen LogP contribution in [-0.4, -0.2) is 11.7 Å². The van der Waals surface area contributed by atoms with Crippen molar-refractivity contribution in [3.8, 4) is 6.07 Å². The molecular weight excluding hydrogens is 243 g/mol. The predicted molar refractivity (Wildman–Crippen MR) is 51.2 cm³/mol. The average molecular weight is 248 g/mol. The molecule has 2 nitrogen and oxygen atoms in total. The number of nitrogens with zero attached hydrogens (tertiary/aromatic N) is 1. The number of halogens is 4. The van der Waals surface area contributed by atoms with Crippen LogP contribution in [0.15, 0.2) is 18.2 Å². The first-order chi connectivity index (χ1) is 7.40. The van der Waals surface area contributed by atoms with E-state index in [-0.39, 0.29) is 11.4 Å². The van der Waals surface area contributed by atoms with E-state index in [2.05, 4.69) is 0 Å². The zero-order chi connectivity index (χ0) is 12.3. The Morgan fingerprint density at radius 3 is 2.50 bits per heavy atom. The van der Waals surface area contributed by atoms with Crippen LogP contribution >= 0.6 is 11.6 Å². The zero-order valence-corrected chi connectivity index (χ0v) is 8.56. The third-order valence-electron chi connectivity index (χ3n) is 1.89. The number of ketones is 1. The lowest BCUT2D eigenvalue weighted by atomic mass is 10.0. The Balaban J connectivity index is 3.29. The van der Waals surface area contributed by atoms with Gasteiger partial charge in [-0.3, -0.25) is 4.79 Å². The topological polar surface area (TPSA) is 40.9 Å². The average Bonchev–Trinajstić information content (AvgIpc) is 2.25. The smallest absolute Gasteiger partial charge is 0.293 e. The molecule has 1 aromatic carbocycles. The molecule has 0 amide bonds. The Morgan fingerprint density at radius 2 is 2.06 bits per heavy atom. The second-order valence-electron chi connectivity index (χ2n) is 2.93. The van der Waals surface area contributed by atoms with E-state index in [0.29, 0.717) is 6.07 Å². The minimum Gasteiger partial charge on any atom is -0.293 e. The maximum atomic E-state index is 12.4. The molecule has 16 heavy (non-hydrogen) atoms. The van der Waals surface area contributed by atoms with Crippen LogP contribution in [0.5, 0.6) is 0 Å². The van der Waals surface area contributed by atoms with Gasteiger partial charge >= 0.3 is 6.18 Å². The summed E-state index contributed by atoms with van der Waals surface area (Å²) < 4.78 is 37.2. The van der Waals surface area contributed by atoms with E-state index in [4.69, 9.17) is 16.9 Å². The van der Waals surface area contributed by atoms with E-state index in [1.807, 2.05) is 0 Å². The number of benzene rings is 1. The molecule has 6 heteroatoms. The Labute approximate surface area is 94.2 Å². The van der Waals surface area contributed by atoms with Gasteiger partial charge in [-0.15, -0.1) is 11.6 Å². The number of carbonyl (C=O) groups is 1. The summed E-state index contributed by atoms with van der Waals surface area (Å²) >= 11 is 5.26. The first kappa shape index (κ1) is 12.5. The molecule has 0 aliphatic heterocycles. The quantitative estimate of drug-likeness (QED) is 0.595. The molecule has 0 aromatic heterocycles. The third-order valence-corrected chi connectivity index (χ3v) is 2.13. The van der Waals surface area contributed by atoms with E-state index in [9.17, 15) is 18.0 Å². The number of alkyl halides is 4. The van der Waals surface area contributed by atoms with Crippen molar-refractivity contribution in [2.45, 2.75) is 6.18 Å². The normalized spacial score (nSPS) is 10.9. The largest absolute Gasteiger partial charge is 0.417 e. The van der Waals surface area contributed by atoms with Gasteiger partial charge in [-0.1, -0.05) is 6.07 Å². The number of Topliss-reactive ketones (excluding diaryl/α,β-unsaturated/α-hetero) is 1. The lowest BCUT2D eigenvalue weighted by molar-refractivity contribution is -0.137. The second kappa shape index (κ2) is 4.54. The van der Waals surface area contributed by atoms with Crippen molar-refractivity contribution in [2.24, 2.45) is 0 Å². The van der Waals surface area contributed by atoms with Gasteiger partial charge in [-0.25, -0.2) is 0 Å². The van der Waals surface area contributed by atoms with E-state index in [1.165, 1.54) is 6.07 Å². The fourth-order valence-electron chi connectivity index (χ4n) is 1.13. The Hall–Kier alpha value is -1.54. The van der Waals surface area contributed by atoms with E-state index < -0.39 is 23.1 Å². The summed E-state index contributed by atoms with van der Waals surface area (Å²) in [6.07, 6.45) is -4.60. The summed E-state index contributed by atoms with van der Waals surface area (Å²) in [4.78, 5) is 11.1. The molecule has 0 bridgehead atoms. The molecule has 0 fully saturated rings. The molecule has 0 atom stereocenters. The van der Waals surface area contributed by atoms with Gasteiger partial charge < -0.3 is 0 Å². The molecular formula is C10H5ClF3NO. The summed E-state index contributed by atoms with van der Waals surface area (Å²) in [5.74, 6) is -0.858. The van der Waals surface area contributed by atoms with E-state index in [0.717, 1.165) is 12.1 Å². The standard InChI is InChI=1S/C10H5ClF3NO/c11-4-9(16)6-1-2-8(10(12,13)14)7(3-6)5-15/h1-3H,4H2. The molecule has 0 heterocycles. The summed E-state index contributed by atoms with van der Waals surface area (Å²) in [6, 6.07) is 4.02. The summed E-state index contributed by atoms with van der Waals surface area (Å²) in [7, 11) is 0. The van der Waals surface area contributed by atoms with Crippen molar-refractivity contribution < 1.29 is 18.0 Å². The monoisotopic (exact) mass is 247 g/mol. The van der Waals surface area contributed by atoms with Crippen LogP contribution in [0.3, 0.4) is 0 Å². The molecule has 0 spiro atoms. The molecule has 0 aliphatic rings. The maximum absolute atomic E-state index is 12.4. The third kappa shape index (κ3) is 2.52. The van der Waals surface area contributed by atoms with Gasteiger partial charge in [0.2, 0.25) is 0 Å². The van der Waals surface area contributed by atoms with E-state index >= 15 is 0 Å². The van der Waals surface area contributed by atoms with Gasteiger partial charge in [0.1, 0.15) is 0 Å². The van der Waals surface area contributed by atoms with Crippen LogP contribution in [0.4, 0.5) is 13.2 Å². The zero-order valence-electron chi connectivity index (χ0n) is 7.81. The maximum Gasteiger partial charge on any atom is 0.417 e. The highest BCUT2D eigenvalue weighted by molar-refractivity contribution is 6.30. The number of rotatable bonds is 2. The second-order valence-corrected chi connectivity index (χ2v) is 3.19. The van der Waals surface area contributed by atoms with Crippen molar-refractivity contribution in [3.05, 3.63) is 34.9 Å². The molecule has 0 saturated heterocycles. The van der Waals surface area contributed by atoms with Crippen LogP contribution in [0.2, 0.25) is 0 Å². The predicted octanol–water partition coefficient (Wildman–Crippen LogP) is 3.00. The van der Waals surface area contributed by atoms with Gasteiger partial charge in [0.05, 0.1) is 23.1 Å². The highest BCUT2D eigenvalue weighted by Gasteiger charge is 2.33. The molecule has 1 rings (SSSR count). The lowest BCUT2D eigenvalue weighted by Gasteiger charge is -2.09. The minimum atomic E-state index is -4.60. The minimum absolute atomic E-state index is 0.000417. The molecule has 0 radical (unpaired) electrons. The van der Waals surface area contributed by atoms with Crippen LogP contribution in [0, 0.1) is 11.3 Å². The number of nitriles is 1. The van der Waals surface area contributed by atoms with Gasteiger partial charge in [0, 0.05) is 5.56 Å². The van der Waals surface area contributed by atoms with Crippen molar-refractivity contribution in [2.75, 3.05) is 5.88 Å². The summed E-state index contributed by atoms with van der Waals surface area (Å²) in [5.41, 5.74) is -1.64. The SMILES string of the molecule is N#Cc1cc(C(=O)CCl)ccc1C(F)(F)F. The Bertz CT molecular complexity index is 462. The summed E-state index contributed by atoms with van der Waals surface area (Å²) in [5, 5.41) is 8.57. The highest BCUT2D eigenvalue weighted by Crippen LogP contribution is 2.32. The van der Waals surface area contributed by atoms with Crippen molar-refractivity contribution in [1.82, 2.24) is 0 Å². The van der Waals surface area contributed by atoms with Crippen molar-refractivity contribution >= 4 is 17.4 Å².